The van der Waals surface area contributed by atoms with Crippen molar-refractivity contribution in [2.24, 2.45) is 0 Å². The summed E-state index contributed by atoms with van der Waals surface area (Å²) in [7, 11) is 0. The molecule has 0 aliphatic heterocycles. The zero-order valence-electron chi connectivity index (χ0n) is 17.7. The molecule has 6 heteroatoms. The first-order valence-corrected chi connectivity index (χ1v) is 9.60. The second kappa shape index (κ2) is 9.54. The lowest BCUT2D eigenvalue weighted by Gasteiger charge is -2.31. The SMILES string of the molecule is Cc1ccc(CN(C(=O)COc2ccc(F)cc2)[C@@H](C)C(=O)NC(C)(C)C)cc1. The summed E-state index contributed by atoms with van der Waals surface area (Å²) < 4.78 is 18.5. The molecule has 29 heavy (non-hydrogen) atoms. The lowest BCUT2D eigenvalue weighted by molar-refractivity contribution is -0.142. The molecule has 0 aliphatic carbocycles. The summed E-state index contributed by atoms with van der Waals surface area (Å²) in [5, 5.41) is 2.91. The van der Waals surface area contributed by atoms with Crippen molar-refractivity contribution in [3.63, 3.8) is 0 Å². The van der Waals surface area contributed by atoms with Crippen LogP contribution in [0.5, 0.6) is 5.75 Å². The van der Waals surface area contributed by atoms with Crippen LogP contribution in [0.1, 0.15) is 38.8 Å². The van der Waals surface area contributed by atoms with Crippen LogP contribution in [0.25, 0.3) is 0 Å². The number of carbonyl (C=O) groups is 2. The summed E-state index contributed by atoms with van der Waals surface area (Å²) in [4.78, 5) is 27.1. The van der Waals surface area contributed by atoms with Gasteiger partial charge in [0.05, 0.1) is 0 Å². The minimum absolute atomic E-state index is 0.236. The normalized spacial score (nSPS) is 12.2. The molecule has 0 unspecified atom stereocenters. The van der Waals surface area contributed by atoms with Crippen molar-refractivity contribution >= 4 is 11.8 Å². The van der Waals surface area contributed by atoms with Crippen LogP contribution in [0, 0.1) is 12.7 Å². The molecule has 2 aromatic rings. The fourth-order valence-electron chi connectivity index (χ4n) is 2.71. The van der Waals surface area contributed by atoms with Crippen molar-refractivity contribution in [1.82, 2.24) is 10.2 Å². The van der Waals surface area contributed by atoms with E-state index < -0.39 is 11.6 Å². The Hall–Kier alpha value is -2.89. The molecular weight excluding hydrogens is 371 g/mol. The maximum atomic E-state index is 13.0. The Labute approximate surface area is 171 Å². The quantitative estimate of drug-likeness (QED) is 0.768. The highest BCUT2D eigenvalue weighted by Gasteiger charge is 2.28. The molecule has 5 nitrogen and oxygen atoms in total. The molecule has 0 saturated carbocycles. The van der Waals surface area contributed by atoms with Gasteiger partial charge < -0.3 is 15.0 Å². The van der Waals surface area contributed by atoms with Gasteiger partial charge in [0.2, 0.25) is 5.91 Å². The van der Waals surface area contributed by atoms with Crippen molar-refractivity contribution in [1.29, 1.82) is 0 Å². The standard InChI is InChI=1S/C23H29FN2O3/c1-16-6-8-18(9-7-16)14-26(17(2)22(28)25-23(3,4)5)21(27)15-29-20-12-10-19(24)11-13-20/h6-13,17H,14-15H2,1-5H3,(H,25,28)/t17-/m0/s1. The number of halogens is 1. The van der Waals surface area contributed by atoms with Gasteiger partial charge in [0.1, 0.15) is 17.6 Å². The molecule has 0 bridgehead atoms. The van der Waals surface area contributed by atoms with Gasteiger partial charge in [0, 0.05) is 12.1 Å². The predicted octanol–water partition coefficient (Wildman–Crippen LogP) is 3.84. The Balaban J connectivity index is 2.15. The summed E-state index contributed by atoms with van der Waals surface area (Å²) in [6, 6.07) is 12.6. The summed E-state index contributed by atoms with van der Waals surface area (Å²) in [6.45, 7) is 9.40. The van der Waals surface area contributed by atoms with E-state index in [0.29, 0.717) is 5.75 Å². The van der Waals surface area contributed by atoms with Crippen molar-refractivity contribution in [2.75, 3.05) is 6.61 Å². The maximum Gasteiger partial charge on any atom is 0.261 e. The molecule has 0 aromatic heterocycles. The largest absolute Gasteiger partial charge is 0.484 e. The van der Waals surface area contributed by atoms with Crippen LogP contribution in [0.15, 0.2) is 48.5 Å². The number of amides is 2. The number of ether oxygens (including phenoxy) is 1. The van der Waals surface area contributed by atoms with Crippen LogP contribution in [0.4, 0.5) is 4.39 Å². The van der Waals surface area contributed by atoms with Crippen LogP contribution in [-0.2, 0) is 16.1 Å². The summed E-state index contributed by atoms with van der Waals surface area (Å²) in [5.41, 5.74) is 1.63. The minimum atomic E-state index is -0.681. The summed E-state index contributed by atoms with van der Waals surface area (Å²) in [5.74, 6) is -0.551. The highest BCUT2D eigenvalue weighted by atomic mass is 19.1. The van der Waals surface area contributed by atoms with Gasteiger partial charge in [-0.3, -0.25) is 9.59 Å². The van der Waals surface area contributed by atoms with Gasteiger partial charge in [0.25, 0.3) is 5.91 Å². The Bertz CT molecular complexity index is 827. The van der Waals surface area contributed by atoms with Gasteiger partial charge in [-0.2, -0.15) is 0 Å². The van der Waals surface area contributed by atoms with Crippen LogP contribution in [-0.4, -0.2) is 34.9 Å². The van der Waals surface area contributed by atoms with Crippen molar-refractivity contribution < 1.29 is 18.7 Å². The van der Waals surface area contributed by atoms with Crippen LogP contribution < -0.4 is 10.1 Å². The zero-order chi connectivity index (χ0) is 21.6. The molecule has 0 saturated heterocycles. The topological polar surface area (TPSA) is 58.6 Å². The first-order valence-electron chi connectivity index (χ1n) is 9.60. The van der Waals surface area contributed by atoms with E-state index >= 15 is 0 Å². The van der Waals surface area contributed by atoms with Gasteiger partial charge in [-0.25, -0.2) is 4.39 Å². The monoisotopic (exact) mass is 400 g/mol. The highest BCUT2D eigenvalue weighted by molar-refractivity contribution is 5.88. The van der Waals surface area contributed by atoms with Crippen LogP contribution in [0.2, 0.25) is 0 Å². The lowest BCUT2D eigenvalue weighted by Crippen LogP contribution is -2.53. The van der Waals surface area contributed by atoms with Crippen molar-refractivity contribution in [3.8, 4) is 5.75 Å². The molecule has 2 amide bonds. The smallest absolute Gasteiger partial charge is 0.261 e. The average molecular weight is 400 g/mol. The molecular formula is C23H29FN2O3. The maximum absolute atomic E-state index is 13.0. The number of benzene rings is 2. The second-order valence-electron chi connectivity index (χ2n) is 8.17. The van der Waals surface area contributed by atoms with Crippen molar-refractivity contribution in [2.45, 2.75) is 52.7 Å². The van der Waals surface area contributed by atoms with E-state index in [-0.39, 0.29) is 30.8 Å². The molecule has 156 valence electrons. The molecule has 1 N–H and O–H groups in total. The van der Waals surface area contributed by atoms with Crippen molar-refractivity contribution in [3.05, 3.63) is 65.5 Å². The number of hydrogen-bond acceptors (Lipinski definition) is 3. The summed E-state index contributed by atoms with van der Waals surface area (Å²) >= 11 is 0. The number of nitrogens with one attached hydrogen (secondary N) is 1. The number of rotatable bonds is 7. The third kappa shape index (κ3) is 7.22. The first kappa shape index (κ1) is 22.4. The van der Waals surface area contributed by atoms with Gasteiger partial charge in [-0.1, -0.05) is 29.8 Å². The van der Waals surface area contributed by atoms with E-state index in [1.165, 1.54) is 29.2 Å². The third-order valence-corrected chi connectivity index (χ3v) is 4.31. The third-order valence-electron chi connectivity index (χ3n) is 4.31. The number of hydrogen-bond donors (Lipinski definition) is 1. The van der Waals surface area contributed by atoms with Crippen LogP contribution in [0.3, 0.4) is 0 Å². The lowest BCUT2D eigenvalue weighted by atomic mass is 10.1. The first-order chi connectivity index (χ1) is 13.5. The molecule has 1 atom stereocenters. The van der Waals surface area contributed by atoms with E-state index in [0.717, 1.165) is 11.1 Å². The Morgan fingerprint density at radius 2 is 1.66 bits per heavy atom. The molecule has 0 aliphatic rings. The molecule has 0 fully saturated rings. The van der Waals surface area contributed by atoms with Gasteiger partial charge in [-0.15, -0.1) is 0 Å². The Kier molecular flexibility index (Phi) is 7.37. The van der Waals surface area contributed by atoms with Gasteiger partial charge >= 0.3 is 0 Å². The fraction of sp³-hybridized carbons (Fsp3) is 0.391. The molecule has 0 spiro atoms. The zero-order valence-corrected chi connectivity index (χ0v) is 17.7. The number of nitrogens with zero attached hydrogens (tertiary/aromatic N) is 1. The van der Waals surface area contributed by atoms with E-state index in [1.807, 2.05) is 52.0 Å². The second-order valence-corrected chi connectivity index (χ2v) is 8.17. The number of aryl methyl sites for hydroxylation is 1. The van der Waals surface area contributed by atoms with Crippen LogP contribution >= 0.6 is 0 Å². The molecule has 2 rings (SSSR count). The van der Waals surface area contributed by atoms with E-state index in [9.17, 15) is 14.0 Å². The Morgan fingerprint density at radius 1 is 1.07 bits per heavy atom. The van der Waals surface area contributed by atoms with E-state index in [4.69, 9.17) is 4.74 Å². The van der Waals surface area contributed by atoms with E-state index in [2.05, 4.69) is 5.32 Å². The minimum Gasteiger partial charge on any atom is -0.484 e. The Morgan fingerprint density at radius 3 is 2.21 bits per heavy atom. The van der Waals surface area contributed by atoms with E-state index in [1.54, 1.807) is 6.92 Å². The molecule has 0 radical (unpaired) electrons. The van der Waals surface area contributed by atoms with Gasteiger partial charge in [0.15, 0.2) is 6.61 Å². The number of carbonyl (C=O) groups excluding carboxylic acids is 2. The average Bonchev–Trinajstić information content (AvgIpc) is 2.65. The van der Waals surface area contributed by atoms with Gasteiger partial charge in [-0.05, 0) is 64.4 Å². The summed E-state index contributed by atoms with van der Waals surface area (Å²) in [6.07, 6.45) is 0. The predicted molar refractivity (Wildman–Crippen MR) is 111 cm³/mol. The molecule has 0 heterocycles. The highest BCUT2D eigenvalue weighted by Crippen LogP contribution is 2.14. The molecule has 2 aromatic carbocycles. The fourth-order valence-corrected chi connectivity index (χ4v) is 2.71.